The Hall–Kier alpha value is -2.38. The monoisotopic (exact) mass is 410 g/mol. The zero-order valence-electron chi connectivity index (χ0n) is 14.8. The third-order valence-corrected chi connectivity index (χ3v) is 4.81. The molecule has 1 heterocycles. The first kappa shape index (κ1) is 20.4. The van der Waals surface area contributed by atoms with Gasteiger partial charge in [0.15, 0.2) is 5.72 Å². The summed E-state index contributed by atoms with van der Waals surface area (Å²) in [6.07, 6.45) is -4.59. The number of hydrogen-bond donors (Lipinski definition) is 1. The van der Waals surface area contributed by atoms with Crippen molar-refractivity contribution < 1.29 is 23.1 Å². The van der Waals surface area contributed by atoms with Gasteiger partial charge in [-0.05, 0) is 30.5 Å². The molecule has 0 aliphatic carbocycles. The zero-order valence-corrected chi connectivity index (χ0v) is 15.5. The SMILES string of the molecule is O=C(CCCc1ccccc1)N1N=C(C(F)(F)F)CC1(O)c1ccc(Cl)cc1. The van der Waals surface area contributed by atoms with Crippen LogP contribution in [0.15, 0.2) is 59.7 Å². The standard InChI is InChI=1S/C20H18ClF3N2O2/c21-16-11-9-15(10-12-16)19(28)13-17(20(22,23)24)25-26(19)18(27)8-4-7-14-5-2-1-3-6-14/h1-3,5-6,9-12,28H,4,7-8,13H2. The first-order valence-electron chi connectivity index (χ1n) is 8.70. The number of hydrazone groups is 1. The molecule has 0 saturated carbocycles. The molecule has 1 aliphatic rings. The Kier molecular flexibility index (Phi) is 5.76. The molecule has 0 bridgehead atoms. The first-order chi connectivity index (χ1) is 13.2. The predicted molar refractivity (Wildman–Crippen MR) is 99.7 cm³/mol. The second kappa shape index (κ2) is 7.93. The van der Waals surface area contributed by atoms with Crippen LogP contribution in [0.25, 0.3) is 0 Å². The van der Waals surface area contributed by atoms with Gasteiger partial charge < -0.3 is 5.11 Å². The summed E-state index contributed by atoms with van der Waals surface area (Å²) < 4.78 is 39.6. The summed E-state index contributed by atoms with van der Waals surface area (Å²) in [6, 6.07) is 15.1. The molecular weight excluding hydrogens is 393 g/mol. The minimum absolute atomic E-state index is 0.0422. The van der Waals surface area contributed by atoms with E-state index in [2.05, 4.69) is 5.10 Å². The number of benzene rings is 2. The Balaban J connectivity index is 1.80. The van der Waals surface area contributed by atoms with Crippen molar-refractivity contribution in [2.24, 2.45) is 5.10 Å². The fourth-order valence-corrected chi connectivity index (χ4v) is 3.23. The Morgan fingerprint density at radius 1 is 1.14 bits per heavy atom. The van der Waals surface area contributed by atoms with Gasteiger partial charge in [-0.25, -0.2) is 0 Å². The van der Waals surface area contributed by atoms with E-state index < -0.39 is 29.9 Å². The highest BCUT2D eigenvalue weighted by Gasteiger charge is 2.52. The third-order valence-electron chi connectivity index (χ3n) is 4.55. The van der Waals surface area contributed by atoms with E-state index in [1.165, 1.54) is 24.3 Å². The van der Waals surface area contributed by atoms with Gasteiger partial charge in [-0.1, -0.05) is 54.1 Å². The molecular formula is C20H18ClF3N2O2. The van der Waals surface area contributed by atoms with Crippen LogP contribution in [0.2, 0.25) is 5.02 Å². The summed E-state index contributed by atoms with van der Waals surface area (Å²) in [6.45, 7) is 0. The second-order valence-corrected chi connectivity index (χ2v) is 7.03. The zero-order chi connectivity index (χ0) is 20.4. The highest BCUT2D eigenvalue weighted by molar-refractivity contribution is 6.30. The molecule has 1 amide bonds. The van der Waals surface area contributed by atoms with Gasteiger partial charge in [-0.3, -0.25) is 4.79 Å². The van der Waals surface area contributed by atoms with Crippen LogP contribution < -0.4 is 0 Å². The van der Waals surface area contributed by atoms with Gasteiger partial charge in [0.2, 0.25) is 5.91 Å². The van der Waals surface area contributed by atoms with Crippen molar-refractivity contribution in [3.63, 3.8) is 0 Å². The fourth-order valence-electron chi connectivity index (χ4n) is 3.10. The average molecular weight is 411 g/mol. The number of carbonyl (C=O) groups is 1. The van der Waals surface area contributed by atoms with Crippen molar-refractivity contribution in [1.29, 1.82) is 0 Å². The normalized spacial score (nSPS) is 19.6. The summed E-state index contributed by atoms with van der Waals surface area (Å²) in [5.74, 6) is -0.673. The smallest absolute Gasteiger partial charge is 0.365 e. The van der Waals surface area contributed by atoms with Crippen molar-refractivity contribution in [3.05, 3.63) is 70.7 Å². The van der Waals surface area contributed by atoms with Crippen molar-refractivity contribution in [2.45, 2.75) is 37.6 Å². The highest BCUT2D eigenvalue weighted by Crippen LogP contribution is 2.40. The number of amides is 1. The molecule has 1 atom stereocenters. The van der Waals surface area contributed by atoms with Gasteiger partial charge in [-0.15, -0.1) is 0 Å². The van der Waals surface area contributed by atoms with Crippen LogP contribution in [0, 0.1) is 0 Å². The molecule has 1 unspecified atom stereocenters. The van der Waals surface area contributed by atoms with E-state index in [0.29, 0.717) is 22.9 Å². The van der Waals surface area contributed by atoms with E-state index in [9.17, 15) is 23.1 Å². The van der Waals surface area contributed by atoms with E-state index in [4.69, 9.17) is 11.6 Å². The molecule has 148 valence electrons. The molecule has 2 aromatic rings. The number of halogens is 4. The van der Waals surface area contributed by atoms with Crippen LogP contribution in [0.3, 0.4) is 0 Å². The fraction of sp³-hybridized carbons (Fsp3) is 0.300. The molecule has 4 nitrogen and oxygen atoms in total. The maximum absolute atomic E-state index is 13.2. The van der Waals surface area contributed by atoms with E-state index in [1.807, 2.05) is 30.3 Å². The maximum atomic E-state index is 13.2. The number of carbonyl (C=O) groups excluding carboxylic acids is 1. The molecule has 1 N–H and O–H groups in total. The number of aliphatic hydroxyl groups is 1. The summed E-state index contributed by atoms with van der Waals surface area (Å²) in [4.78, 5) is 12.6. The van der Waals surface area contributed by atoms with E-state index in [0.717, 1.165) is 5.56 Å². The third kappa shape index (κ3) is 4.36. The van der Waals surface area contributed by atoms with Crippen LogP contribution in [0.1, 0.15) is 30.4 Å². The number of aryl methyl sites for hydroxylation is 1. The lowest BCUT2D eigenvalue weighted by Gasteiger charge is -2.31. The molecule has 2 aromatic carbocycles. The van der Waals surface area contributed by atoms with Gasteiger partial charge in [0.05, 0.1) is 6.42 Å². The maximum Gasteiger partial charge on any atom is 0.431 e. The Morgan fingerprint density at radius 3 is 2.39 bits per heavy atom. The number of hydrogen-bond acceptors (Lipinski definition) is 3. The predicted octanol–water partition coefficient (Wildman–Crippen LogP) is 4.66. The number of nitrogens with zero attached hydrogens (tertiary/aromatic N) is 2. The number of alkyl halides is 3. The van der Waals surface area contributed by atoms with E-state index in [1.54, 1.807) is 0 Å². The molecule has 0 saturated heterocycles. The molecule has 0 spiro atoms. The molecule has 8 heteroatoms. The lowest BCUT2D eigenvalue weighted by atomic mass is 9.96. The van der Waals surface area contributed by atoms with Crippen molar-refractivity contribution in [2.75, 3.05) is 0 Å². The lowest BCUT2D eigenvalue weighted by Crippen LogP contribution is -2.43. The summed E-state index contributed by atoms with van der Waals surface area (Å²) in [7, 11) is 0. The summed E-state index contributed by atoms with van der Waals surface area (Å²) in [5.41, 5.74) is -2.25. The molecule has 0 aromatic heterocycles. The molecule has 3 rings (SSSR count). The van der Waals surface area contributed by atoms with E-state index >= 15 is 0 Å². The Labute approximate surface area is 165 Å². The largest absolute Gasteiger partial charge is 0.431 e. The van der Waals surface area contributed by atoms with E-state index in [-0.39, 0.29) is 12.0 Å². The van der Waals surface area contributed by atoms with Gasteiger partial charge in [0.1, 0.15) is 5.71 Å². The van der Waals surface area contributed by atoms with Gasteiger partial charge in [-0.2, -0.15) is 23.3 Å². The van der Waals surface area contributed by atoms with Crippen LogP contribution in [-0.2, 0) is 16.9 Å². The molecule has 0 fully saturated rings. The van der Waals surface area contributed by atoms with Crippen LogP contribution in [0.4, 0.5) is 13.2 Å². The minimum atomic E-state index is -4.74. The van der Waals surface area contributed by atoms with Gasteiger partial charge in [0.25, 0.3) is 0 Å². The summed E-state index contributed by atoms with van der Waals surface area (Å²) in [5, 5.41) is 15.3. The van der Waals surface area contributed by atoms with Gasteiger partial charge in [0, 0.05) is 17.0 Å². The second-order valence-electron chi connectivity index (χ2n) is 6.59. The van der Waals surface area contributed by atoms with Crippen molar-refractivity contribution >= 4 is 23.2 Å². The topological polar surface area (TPSA) is 52.9 Å². The Bertz CT molecular complexity index is 869. The minimum Gasteiger partial charge on any atom is -0.365 e. The number of rotatable bonds is 5. The highest BCUT2D eigenvalue weighted by atomic mass is 35.5. The first-order valence-corrected chi connectivity index (χ1v) is 9.08. The lowest BCUT2D eigenvalue weighted by molar-refractivity contribution is -0.158. The quantitative estimate of drug-likeness (QED) is 0.779. The Morgan fingerprint density at radius 2 is 1.79 bits per heavy atom. The van der Waals surface area contributed by atoms with Crippen LogP contribution in [0.5, 0.6) is 0 Å². The summed E-state index contributed by atoms with van der Waals surface area (Å²) >= 11 is 5.82. The molecule has 0 radical (unpaired) electrons. The average Bonchev–Trinajstić information content (AvgIpc) is 3.02. The van der Waals surface area contributed by atoms with Crippen LogP contribution >= 0.6 is 11.6 Å². The van der Waals surface area contributed by atoms with Crippen molar-refractivity contribution in [3.8, 4) is 0 Å². The molecule has 1 aliphatic heterocycles. The van der Waals surface area contributed by atoms with Crippen LogP contribution in [-0.4, -0.2) is 27.9 Å². The molecule has 28 heavy (non-hydrogen) atoms. The van der Waals surface area contributed by atoms with Gasteiger partial charge >= 0.3 is 6.18 Å². The van der Waals surface area contributed by atoms with Crippen molar-refractivity contribution in [1.82, 2.24) is 5.01 Å².